The van der Waals surface area contributed by atoms with Crippen molar-refractivity contribution in [2.45, 2.75) is 70.8 Å². The molecule has 2 saturated heterocycles. The highest BCUT2D eigenvalue weighted by molar-refractivity contribution is 5.74. The summed E-state index contributed by atoms with van der Waals surface area (Å²) in [5.74, 6) is -0.812. The molecule has 2 amide bonds. The fraction of sp³-hybridized carbons (Fsp3) is 0.591. The van der Waals surface area contributed by atoms with Crippen molar-refractivity contribution in [3.63, 3.8) is 0 Å². The van der Waals surface area contributed by atoms with Gasteiger partial charge in [0, 0.05) is 26.0 Å². The third-order valence-electron chi connectivity index (χ3n) is 4.98. The number of likely N-dealkylation sites (tertiary alicyclic amines) is 1. The molecule has 0 spiro atoms. The highest BCUT2D eigenvalue weighted by atomic mass is 16.7. The van der Waals surface area contributed by atoms with Gasteiger partial charge < -0.3 is 24.3 Å². The number of carbonyl (C=O) groups is 3. The molecule has 1 N–H and O–H groups in total. The minimum Gasteiger partial charge on any atom is -0.457 e. The van der Waals surface area contributed by atoms with Gasteiger partial charge in [0.2, 0.25) is 5.91 Å². The van der Waals surface area contributed by atoms with Gasteiger partial charge in [0.25, 0.3) is 0 Å². The molecule has 3 rings (SSSR count). The molecule has 1 aromatic rings. The molecule has 2 aliphatic heterocycles. The summed E-state index contributed by atoms with van der Waals surface area (Å²) in [6.07, 6.45) is -2.76. The van der Waals surface area contributed by atoms with Crippen LogP contribution in [0.25, 0.3) is 0 Å². The number of nitrogens with one attached hydrogen (secondary N) is 1. The molecule has 0 unspecified atom stereocenters. The number of ether oxygens (including phenoxy) is 4. The van der Waals surface area contributed by atoms with Crippen LogP contribution >= 0.6 is 0 Å². The monoisotopic (exact) mass is 434 g/mol. The number of hydrogen-bond donors (Lipinski definition) is 1. The van der Waals surface area contributed by atoms with Crippen molar-refractivity contribution in [3.05, 3.63) is 35.9 Å². The summed E-state index contributed by atoms with van der Waals surface area (Å²) < 4.78 is 23.3. The van der Waals surface area contributed by atoms with Crippen LogP contribution in [0.4, 0.5) is 4.79 Å². The minimum atomic E-state index is -0.791. The van der Waals surface area contributed by atoms with Gasteiger partial charge in [-0.2, -0.15) is 0 Å². The summed E-state index contributed by atoms with van der Waals surface area (Å²) in [6, 6.07) is 8.14. The van der Waals surface area contributed by atoms with Gasteiger partial charge in [-0.15, -0.1) is 0 Å². The van der Waals surface area contributed by atoms with E-state index in [1.165, 1.54) is 18.7 Å². The predicted octanol–water partition coefficient (Wildman–Crippen LogP) is 2.16. The molecule has 1 aromatic carbocycles. The number of benzene rings is 1. The predicted molar refractivity (Wildman–Crippen MR) is 110 cm³/mol. The number of carbonyl (C=O) groups excluding carboxylic acids is 3. The zero-order chi connectivity index (χ0) is 22.8. The Morgan fingerprint density at radius 1 is 1.13 bits per heavy atom. The van der Waals surface area contributed by atoms with Crippen molar-refractivity contribution in [2.24, 2.45) is 0 Å². The molecular weight excluding hydrogens is 404 g/mol. The lowest BCUT2D eigenvalue weighted by molar-refractivity contribution is -0.277. The van der Waals surface area contributed by atoms with Gasteiger partial charge in [0.1, 0.15) is 11.7 Å². The molecule has 0 radical (unpaired) electrons. The molecule has 2 heterocycles. The second-order valence-electron chi connectivity index (χ2n) is 8.76. The van der Waals surface area contributed by atoms with Crippen LogP contribution in [0.1, 0.15) is 46.5 Å². The van der Waals surface area contributed by atoms with Gasteiger partial charge in [-0.05, 0) is 20.8 Å². The van der Waals surface area contributed by atoms with E-state index in [1.54, 1.807) is 20.8 Å². The van der Waals surface area contributed by atoms with Crippen molar-refractivity contribution in [3.8, 4) is 0 Å². The first kappa shape index (κ1) is 23.0. The maximum absolute atomic E-state index is 13.0. The second-order valence-corrected chi connectivity index (χ2v) is 8.76. The fourth-order valence-corrected chi connectivity index (χ4v) is 3.84. The van der Waals surface area contributed by atoms with E-state index in [9.17, 15) is 14.4 Å². The molecule has 0 bridgehead atoms. The number of amides is 2. The van der Waals surface area contributed by atoms with E-state index in [1.807, 2.05) is 30.3 Å². The van der Waals surface area contributed by atoms with E-state index < -0.39 is 48.2 Å². The van der Waals surface area contributed by atoms with Gasteiger partial charge in [0.05, 0.1) is 18.7 Å². The first-order valence-electron chi connectivity index (χ1n) is 10.3. The molecule has 5 atom stereocenters. The highest BCUT2D eigenvalue weighted by Gasteiger charge is 2.52. The fourth-order valence-electron chi connectivity index (χ4n) is 3.84. The van der Waals surface area contributed by atoms with Crippen molar-refractivity contribution in [2.75, 3.05) is 13.2 Å². The lowest BCUT2D eigenvalue weighted by Crippen LogP contribution is -2.70. The minimum absolute atomic E-state index is 0.0936. The Labute approximate surface area is 182 Å². The molecule has 9 heteroatoms. The molecule has 9 nitrogen and oxygen atoms in total. The lowest BCUT2D eigenvalue weighted by atomic mass is 9.91. The number of piperidine rings is 1. The quantitative estimate of drug-likeness (QED) is 0.727. The first-order chi connectivity index (χ1) is 14.5. The summed E-state index contributed by atoms with van der Waals surface area (Å²) in [5.41, 5.74) is 0.0965. The summed E-state index contributed by atoms with van der Waals surface area (Å²) in [5, 5.41) is 2.79. The van der Waals surface area contributed by atoms with Crippen LogP contribution in [0.2, 0.25) is 0 Å². The molecule has 2 fully saturated rings. The Balaban J connectivity index is 1.93. The Kier molecular flexibility index (Phi) is 6.86. The zero-order valence-corrected chi connectivity index (χ0v) is 18.5. The second kappa shape index (κ2) is 9.23. The SMILES string of the molecule is CC(=O)N[C@H]1CN(C(=O)OC(C)(C)C)[C@@H]2CO[C@H](c3ccccc3)O[C@H]2[C@@H]1OC(C)=O. The zero-order valence-electron chi connectivity index (χ0n) is 18.5. The molecule has 2 aliphatic rings. The normalized spacial score (nSPS) is 28.3. The van der Waals surface area contributed by atoms with Crippen LogP contribution in [0.3, 0.4) is 0 Å². The molecule has 0 aromatic heterocycles. The van der Waals surface area contributed by atoms with E-state index in [2.05, 4.69) is 5.32 Å². The Morgan fingerprint density at radius 2 is 1.81 bits per heavy atom. The molecule has 0 aliphatic carbocycles. The van der Waals surface area contributed by atoms with Gasteiger partial charge in [-0.3, -0.25) is 14.5 Å². The Hall–Kier alpha value is -2.65. The topological polar surface area (TPSA) is 103 Å². The van der Waals surface area contributed by atoms with Crippen molar-refractivity contribution >= 4 is 18.0 Å². The van der Waals surface area contributed by atoms with Crippen LogP contribution in [0, 0.1) is 0 Å². The smallest absolute Gasteiger partial charge is 0.410 e. The van der Waals surface area contributed by atoms with Crippen LogP contribution in [0.15, 0.2) is 30.3 Å². The van der Waals surface area contributed by atoms with Crippen molar-refractivity contribution in [1.29, 1.82) is 0 Å². The summed E-state index contributed by atoms with van der Waals surface area (Å²) in [6.45, 7) is 8.25. The van der Waals surface area contributed by atoms with Crippen molar-refractivity contribution in [1.82, 2.24) is 10.2 Å². The highest BCUT2D eigenvalue weighted by Crippen LogP contribution is 2.35. The van der Waals surface area contributed by atoms with Crippen LogP contribution in [-0.2, 0) is 28.5 Å². The number of fused-ring (bicyclic) bond motifs is 1. The summed E-state index contributed by atoms with van der Waals surface area (Å²) in [7, 11) is 0. The Morgan fingerprint density at radius 3 is 2.39 bits per heavy atom. The van der Waals surface area contributed by atoms with Gasteiger partial charge in [0.15, 0.2) is 12.4 Å². The first-order valence-corrected chi connectivity index (χ1v) is 10.3. The van der Waals surface area contributed by atoms with E-state index in [-0.39, 0.29) is 19.1 Å². The maximum Gasteiger partial charge on any atom is 0.410 e. The number of hydrogen-bond acceptors (Lipinski definition) is 7. The van der Waals surface area contributed by atoms with E-state index in [4.69, 9.17) is 18.9 Å². The number of nitrogens with zero attached hydrogens (tertiary/aromatic N) is 1. The van der Waals surface area contributed by atoms with Crippen LogP contribution < -0.4 is 5.32 Å². The maximum atomic E-state index is 13.0. The van der Waals surface area contributed by atoms with E-state index in [0.29, 0.717) is 0 Å². The third-order valence-corrected chi connectivity index (χ3v) is 4.98. The number of rotatable bonds is 3. The average molecular weight is 434 g/mol. The summed E-state index contributed by atoms with van der Waals surface area (Å²) in [4.78, 5) is 38.1. The van der Waals surface area contributed by atoms with Gasteiger partial charge in [-0.1, -0.05) is 30.3 Å². The Bertz CT molecular complexity index is 808. The molecule has 31 heavy (non-hydrogen) atoms. The summed E-state index contributed by atoms with van der Waals surface area (Å²) >= 11 is 0. The third kappa shape index (κ3) is 5.74. The van der Waals surface area contributed by atoms with Crippen molar-refractivity contribution < 1.29 is 33.3 Å². The largest absolute Gasteiger partial charge is 0.457 e. The molecule has 170 valence electrons. The number of esters is 1. The van der Waals surface area contributed by atoms with Gasteiger partial charge in [-0.25, -0.2) is 4.79 Å². The van der Waals surface area contributed by atoms with Gasteiger partial charge >= 0.3 is 12.1 Å². The standard InChI is InChI=1S/C22H30N2O7/c1-13(25)23-16-11-24(21(27)31-22(3,4)5)17-12-28-20(15-9-7-6-8-10-15)30-19(17)18(16)29-14(2)26/h6-10,16-20H,11-12H2,1-5H3,(H,23,25)/t16-,17+,18+,19+,20-/m0/s1. The lowest BCUT2D eigenvalue weighted by Gasteiger charge is -2.51. The average Bonchev–Trinajstić information content (AvgIpc) is 2.67. The van der Waals surface area contributed by atoms with Crippen LogP contribution in [0.5, 0.6) is 0 Å². The van der Waals surface area contributed by atoms with E-state index in [0.717, 1.165) is 5.56 Å². The van der Waals surface area contributed by atoms with E-state index >= 15 is 0 Å². The molecule has 0 saturated carbocycles. The van der Waals surface area contributed by atoms with Crippen LogP contribution in [-0.4, -0.2) is 65.9 Å². The molecular formula is C22H30N2O7.